The fraction of sp³-hybridized carbons (Fsp3) is 0.778. The molecule has 0 saturated carbocycles. The zero-order chi connectivity index (χ0) is 9.78. The van der Waals surface area contributed by atoms with E-state index in [0.29, 0.717) is 5.67 Å². The van der Waals surface area contributed by atoms with E-state index in [2.05, 4.69) is 26.2 Å². The lowest BCUT2D eigenvalue weighted by molar-refractivity contribution is -0.122. The number of nitrogens with zero attached hydrogens (tertiary/aromatic N) is 1. The maximum absolute atomic E-state index is 5.21. The Morgan fingerprint density at radius 3 is 2.25 bits per heavy atom. The van der Waals surface area contributed by atoms with Crippen molar-refractivity contribution in [2.75, 3.05) is 14.2 Å². The van der Waals surface area contributed by atoms with Gasteiger partial charge in [-0.25, -0.2) is 0 Å². The van der Waals surface area contributed by atoms with Crippen LogP contribution in [0.25, 0.3) is 0 Å². The fourth-order valence-electron chi connectivity index (χ4n) is 1.33. The van der Waals surface area contributed by atoms with Gasteiger partial charge in [-0.2, -0.15) is 5.06 Å². The summed E-state index contributed by atoms with van der Waals surface area (Å²) in [5.74, 6) is 0. The zero-order valence-electron chi connectivity index (χ0n) is 8.92. The van der Waals surface area contributed by atoms with Crippen LogP contribution in [0, 0.1) is 0 Å². The van der Waals surface area contributed by atoms with Gasteiger partial charge in [0.15, 0.2) is 0 Å². The summed E-state index contributed by atoms with van der Waals surface area (Å²) in [7, 11) is 2.55. The minimum absolute atomic E-state index is 0.528. The first-order chi connectivity index (χ1) is 5.43. The molecule has 1 atom stereocenters. The van der Waals surface area contributed by atoms with Crippen LogP contribution >= 0.6 is 0 Å². The Kier molecular flexibility index (Phi) is 4.75. The van der Waals surface area contributed by atoms with E-state index >= 15 is 0 Å². The fourth-order valence-corrected chi connectivity index (χ4v) is 3.40. The van der Waals surface area contributed by atoms with Crippen molar-refractivity contribution in [2.45, 2.75) is 31.7 Å². The van der Waals surface area contributed by atoms with E-state index in [-0.39, 0.29) is 0 Å². The predicted octanol–water partition coefficient (Wildman–Crippen LogP) is 2.30. The minimum atomic E-state index is -1.16. The molecule has 0 aliphatic heterocycles. The Labute approximate surface area is 77.2 Å². The highest BCUT2D eigenvalue weighted by molar-refractivity contribution is 6.77. The lowest BCUT2D eigenvalue weighted by atomic mass is 10.4. The summed E-state index contributed by atoms with van der Waals surface area (Å²) < 4.78 is 0. The Balaban J connectivity index is 4.31. The van der Waals surface area contributed by atoms with Crippen molar-refractivity contribution in [3.8, 4) is 0 Å². The summed E-state index contributed by atoms with van der Waals surface area (Å²) in [6.07, 6.45) is 2.98. The molecule has 2 nitrogen and oxygen atoms in total. The molecule has 0 aromatic rings. The van der Waals surface area contributed by atoms with Gasteiger partial charge < -0.3 is 4.84 Å². The molecule has 1 unspecified atom stereocenters. The van der Waals surface area contributed by atoms with Gasteiger partial charge in [0.05, 0.1) is 15.2 Å². The molecule has 0 fully saturated rings. The summed E-state index contributed by atoms with van der Waals surface area (Å²) in [4.78, 5) is 5.21. The van der Waals surface area contributed by atoms with Gasteiger partial charge in [-0.3, -0.25) is 0 Å². The molecular formula is C9H21NOSi. The molecular weight excluding hydrogens is 166 g/mol. The second kappa shape index (κ2) is 4.79. The SMILES string of the molecule is C=CCC(N(C)OC)[Si](C)(C)C. The molecule has 72 valence electrons. The summed E-state index contributed by atoms with van der Waals surface area (Å²) in [6, 6.07) is 0. The van der Waals surface area contributed by atoms with Crippen molar-refractivity contribution in [3.63, 3.8) is 0 Å². The van der Waals surface area contributed by atoms with Crippen molar-refractivity contribution in [3.05, 3.63) is 12.7 Å². The number of hydroxylamine groups is 2. The first-order valence-corrected chi connectivity index (χ1v) is 7.89. The summed E-state index contributed by atoms with van der Waals surface area (Å²) in [5.41, 5.74) is 0.528. The second-order valence-corrected chi connectivity index (χ2v) is 9.53. The second-order valence-electron chi connectivity index (χ2n) is 4.13. The first-order valence-electron chi connectivity index (χ1n) is 4.31. The van der Waals surface area contributed by atoms with Gasteiger partial charge in [0.1, 0.15) is 0 Å². The topological polar surface area (TPSA) is 12.5 Å². The third-order valence-corrected chi connectivity index (χ3v) is 4.72. The molecule has 0 spiro atoms. The minimum Gasteiger partial charge on any atom is -0.303 e. The van der Waals surface area contributed by atoms with Crippen LogP contribution in [0.2, 0.25) is 19.6 Å². The van der Waals surface area contributed by atoms with Crippen LogP contribution in [-0.4, -0.2) is 33.0 Å². The molecule has 0 aliphatic carbocycles. The molecule has 0 N–H and O–H groups in total. The molecule has 0 radical (unpaired) electrons. The Morgan fingerprint density at radius 2 is 2.00 bits per heavy atom. The number of hydrogen-bond donors (Lipinski definition) is 0. The van der Waals surface area contributed by atoms with Crippen LogP contribution in [0.4, 0.5) is 0 Å². The molecule has 0 amide bonds. The summed E-state index contributed by atoms with van der Waals surface area (Å²) in [6.45, 7) is 10.8. The van der Waals surface area contributed by atoms with Crippen LogP contribution in [0.5, 0.6) is 0 Å². The van der Waals surface area contributed by atoms with Crippen LogP contribution in [0.3, 0.4) is 0 Å². The standard InChI is InChI=1S/C9H21NOSi/c1-7-8-9(10(2)11-3)12(4,5)6/h7,9H,1,8H2,2-6H3. The van der Waals surface area contributed by atoms with E-state index in [9.17, 15) is 0 Å². The molecule has 0 aliphatic rings. The van der Waals surface area contributed by atoms with Crippen molar-refractivity contribution in [1.29, 1.82) is 0 Å². The Bertz CT molecular complexity index is 142. The average molecular weight is 187 g/mol. The number of hydrogen-bond acceptors (Lipinski definition) is 2. The van der Waals surface area contributed by atoms with Gasteiger partial charge >= 0.3 is 0 Å². The Morgan fingerprint density at radius 1 is 1.50 bits per heavy atom. The zero-order valence-corrected chi connectivity index (χ0v) is 9.92. The summed E-state index contributed by atoms with van der Waals surface area (Å²) >= 11 is 0. The van der Waals surface area contributed by atoms with E-state index in [4.69, 9.17) is 4.84 Å². The van der Waals surface area contributed by atoms with Crippen LogP contribution in [-0.2, 0) is 4.84 Å². The lowest BCUT2D eigenvalue weighted by Gasteiger charge is -2.34. The normalized spacial score (nSPS) is 14.8. The monoisotopic (exact) mass is 187 g/mol. The molecule has 0 aromatic heterocycles. The first kappa shape index (κ1) is 11.9. The largest absolute Gasteiger partial charge is 0.303 e. The van der Waals surface area contributed by atoms with E-state index in [1.165, 1.54) is 0 Å². The highest BCUT2D eigenvalue weighted by Crippen LogP contribution is 2.16. The number of rotatable bonds is 5. The average Bonchev–Trinajstić information content (AvgIpc) is 1.96. The highest BCUT2D eigenvalue weighted by Gasteiger charge is 2.29. The van der Waals surface area contributed by atoms with Gasteiger partial charge in [-0.05, 0) is 6.42 Å². The maximum Gasteiger partial charge on any atom is 0.0673 e. The van der Waals surface area contributed by atoms with Crippen LogP contribution < -0.4 is 0 Å². The van der Waals surface area contributed by atoms with Crippen LogP contribution in [0.1, 0.15) is 6.42 Å². The van der Waals surface area contributed by atoms with E-state index in [1.54, 1.807) is 7.11 Å². The van der Waals surface area contributed by atoms with Crippen molar-refractivity contribution >= 4 is 8.07 Å². The summed E-state index contributed by atoms with van der Waals surface area (Å²) in [5, 5.41) is 1.95. The van der Waals surface area contributed by atoms with Gasteiger partial charge in [0.25, 0.3) is 0 Å². The smallest absolute Gasteiger partial charge is 0.0673 e. The third-order valence-electron chi connectivity index (χ3n) is 2.12. The van der Waals surface area contributed by atoms with Crippen molar-refractivity contribution in [2.24, 2.45) is 0 Å². The van der Waals surface area contributed by atoms with Crippen molar-refractivity contribution in [1.82, 2.24) is 5.06 Å². The highest BCUT2D eigenvalue weighted by atomic mass is 28.3. The molecule has 0 heterocycles. The van der Waals surface area contributed by atoms with Gasteiger partial charge in [-0.1, -0.05) is 25.7 Å². The molecule has 3 heteroatoms. The van der Waals surface area contributed by atoms with Crippen molar-refractivity contribution < 1.29 is 4.84 Å². The lowest BCUT2D eigenvalue weighted by Crippen LogP contribution is -2.48. The molecule has 0 bridgehead atoms. The molecule has 0 aromatic carbocycles. The van der Waals surface area contributed by atoms with Gasteiger partial charge in [0.2, 0.25) is 0 Å². The van der Waals surface area contributed by atoms with Gasteiger partial charge in [-0.15, -0.1) is 6.58 Å². The third kappa shape index (κ3) is 3.52. The van der Waals surface area contributed by atoms with Gasteiger partial charge in [0, 0.05) is 12.7 Å². The molecule has 0 saturated heterocycles. The molecule has 12 heavy (non-hydrogen) atoms. The van der Waals surface area contributed by atoms with E-state index < -0.39 is 8.07 Å². The van der Waals surface area contributed by atoms with E-state index in [1.807, 2.05) is 18.2 Å². The quantitative estimate of drug-likeness (QED) is 0.372. The maximum atomic E-state index is 5.21. The Hall–Kier alpha value is -0.123. The molecule has 0 rings (SSSR count). The van der Waals surface area contributed by atoms with E-state index in [0.717, 1.165) is 6.42 Å². The van der Waals surface area contributed by atoms with Crippen LogP contribution in [0.15, 0.2) is 12.7 Å². The predicted molar refractivity (Wildman–Crippen MR) is 56.7 cm³/mol.